The number of hydrogen-bond acceptors (Lipinski definition) is 3. The molecule has 2 heterocycles. The molecule has 0 aliphatic rings. The second-order valence-corrected chi connectivity index (χ2v) is 3.54. The van der Waals surface area contributed by atoms with Crippen LogP contribution in [0.15, 0.2) is 24.5 Å². The van der Waals surface area contributed by atoms with E-state index in [1.807, 2.05) is 0 Å². The number of aryl methyl sites for hydroxylation is 1. The Bertz CT molecular complexity index is 508. The summed E-state index contributed by atoms with van der Waals surface area (Å²) in [4.78, 5) is 3.69. The molecule has 0 unspecified atom stereocenters. The average Bonchev–Trinajstić information content (AvgIpc) is 2.58. The SMILES string of the molecule is Cc1cn(-c2ccc(C(F)(F)F)cn2)nc1N. The lowest BCUT2D eigenvalue weighted by molar-refractivity contribution is -0.137. The third-order valence-electron chi connectivity index (χ3n) is 2.25. The minimum atomic E-state index is -4.38. The van der Waals surface area contributed by atoms with Crippen molar-refractivity contribution in [3.8, 4) is 5.82 Å². The Hall–Kier alpha value is -2.05. The van der Waals surface area contributed by atoms with Gasteiger partial charge in [0.15, 0.2) is 5.82 Å². The van der Waals surface area contributed by atoms with Crippen molar-refractivity contribution in [2.75, 3.05) is 5.73 Å². The molecule has 0 spiro atoms. The normalized spacial score (nSPS) is 11.8. The number of aromatic nitrogens is 3. The van der Waals surface area contributed by atoms with E-state index in [0.717, 1.165) is 17.8 Å². The lowest BCUT2D eigenvalue weighted by Crippen LogP contribution is -2.07. The van der Waals surface area contributed by atoms with Gasteiger partial charge in [0.1, 0.15) is 5.82 Å². The van der Waals surface area contributed by atoms with Crippen molar-refractivity contribution in [1.29, 1.82) is 0 Å². The Morgan fingerprint density at radius 1 is 1.29 bits per heavy atom. The van der Waals surface area contributed by atoms with E-state index in [9.17, 15) is 13.2 Å². The molecule has 0 fully saturated rings. The fourth-order valence-corrected chi connectivity index (χ4v) is 1.28. The quantitative estimate of drug-likeness (QED) is 0.833. The first-order valence-corrected chi connectivity index (χ1v) is 4.73. The van der Waals surface area contributed by atoms with Gasteiger partial charge >= 0.3 is 6.18 Å². The van der Waals surface area contributed by atoms with Crippen molar-refractivity contribution in [3.05, 3.63) is 35.7 Å². The Morgan fingerprint density at radius 3 is 2.41 bits per heavy atom. The molecular formula is C10H9F3N4. The van der Waals surface area contributed by atoms with Crippen molar-refractivity contribution in [2.24, 2.45) is 0 Å². The molecule has 90 valence electrons. The van der Waals surface area contributed by atoms with Crippen molar-refractivity contribution >= 4 is 5.82 Å². The van der Waals surface area contributed by atoms with Gasteiger partial charge in [-0.05, 0) is 19.1 Å². The molecule has 0 aliphatic carbocycles. The van der Waals surface area contributed by atoms with Crippen LogP contribution in [0.3, 0.4) is 0 Å². The lowest BCUT2D eigenvalue weighted by Gasteiger charge is -2.06. The number of pyridine rings is 1. The summed E-state index contributed by atoms with van der Waals surface area (Å²) in [7, 11) is 0. The smallest absolute Gasteiger partial charge is 0.382 e. The van der Waals surface area contributed by atoms with Gasteiger partial charge in [-0.2, -0.15) is 13.2 Å². The molecular weight excluding hydrogens is 233 g/mol. The highest BCUT2D eigenvalue weighted by molar-refractivity contribution is 5.39. The summed E-state index contributed by atoms with van der Waals surface area (Å²) >= 11 is 0. The van der Waals surface area contributed by atoms with E-state index >= 15 is 0 Å². The summed E-state index contributed by atoms with van der Waals surface area (Å²) in [5, 5.41) is 3.92. The van der Waals surface area contributed by atoms with E-state index in [4.69, 9.17) is 5.73 Å². The highest BCUT2D eigenvalue weighted by atomic mass is 19.4. The number of rotatable bonds is 1. The van der Waals surface area contributed by atoms with Gasteiger partial charge in [0.25, 0.3) is 0 Å². The van der Waals surface area contributed by atoms with E-state index in [1.165, 1.54) is 10.7 Å². The van der Waals surface area contributed by atoms with Crippen LogP contribution in [0.4, 0.5) is 19.0 Å². The number of halogens is 3. The molecule has 0 atom stereocenters. The van der Waals surface area contributed by atoms with Gasteiger partial charge in [-0.15, -0.1) is 5.10 Å². The summed E-state index contributed by atoms with van der Waals surface area (Å²) < 4.78 is 38.3. The average molecular weight is 242 g/mol. The minimum absolute atomic E-state index is 0.290. The highest BCUT2D eigenvalue weighted by Gasteiger charge is 2.30. The standard InChI is InChI=1S/C10H9F3N4/c1-6-5-17(16-9(6)14)8-3-2-7(4-15-8)10(11,12)13/h2-5H,1H3,(H2,14,16). The zero-order chi connectivity index (χ0) is 12.6. The van der Waals surface area contributed by atoms with Crippen molar-refractivity contribution in [3.63, 3.8) is 0 Å². The zero-order valence-electron chi connectivity index (χ0n) is 8.86. The van der Waals surface area contributed by atoms with Gasteiger partial charge in [-0.1, -0.05) is 0 Å². The first-order chi connectivity index (χ1) is 7.88. The molecule has 0 aliphatic heterocycles. The fourth-order valence-electron chi connectivity index (χ4n) is 1.28. The second kappa shape index (κ2) is 3.76. The van der Waals surface area contributed by atoms with E-state index in [-0.39, 0.29) is 5.82 Å². The second-order valence-electron chi connectivity index (χ2n) is 3.54. The monoisotopic (exact) mass is 242 g/mol. The topological polar surface area (TPSA) is 56.7 Å². The predicted octanol–water partition coefficient (Wildman–Crippen LogP) is 2.18. The van der Waals surface area contributed by atoms with E-state index < -0.39 is 11.7 Å². The van der Waals surface area contributed by atoms with Crippen LogP contribution in [0.25, 0.3) is 5.82 Å². The van der Waals surface area contributed by atoms with Crippen molar-refractivity contribution in [2.45, 2.75) is 13.1 Å². The van der Waals surface area contributed by atoms with Crippen LogP contribution in [0.2, 0.25) is 0 Å². The van der Waals surface area contributed by atoms with Gasteiger partial charge in [0.05, 0.1) is 5.56 Å². The maximum Gasteiger partial charge on any atom is 0.417 e. The summed E-state index contributed by atoms with van der Waals surface area (Å²) in [6, 6.07) is 2.20. The van der Waals surface area contributed by atoms with Crippen LogP contribution in [0.5, 0.6) is 0 Å². The molecule has 0 bridgehead atoms. The molecule has 0 saturated carbocycles. The molecule has 0 radical (unpaired) electrons. The fraction of sp³-hybridized carbons (Fsp3) is 0.200. The first-order valence-electron chi connectivity index (χ1n) is 4.73. The molecule has 17 heavy (non-hydrogen) atoms. The number of anilines is 1. The number of nitrogens with two attached hydrogens (primary N) is 1. The van der Waals surface area contributed by atoms with Crippen LogP contribution in [-0.4, -0.2) is 14.8 Å². The number of nitrogen functional groups attached to an aromatic ring is 1. The summed E-state index contributed by atoms with van der Waals surface area (Å²) in [5.41, 5.74) is 5.49. The third kappa shape index (κ3) is 2.22. The summed E-state index contributed by atoms with van der Waals surface area (Å²) in [5.74, 6) is 0.615. The minimum Gasteiger partial charge on any atom is -0.382 e. The van der Waals surface area contributed by atoms with Gasteiger partial charge in [0, 0.05) is 18.0 Å². The molecule has 0 amide bonds. The molecule has 4 nitrogen and oxygen atoms in total. The number of hydrogen-bond donors (Lipinski definition) is 1. The Balaban J connectivity index is 2.36. The number of alkyl halides is 3. The van der Waals surface area contributed by atoms with Crippen LogP contribution < -0.4 is 5.73 Å². The third-order valence-corrected chi connectivity index (χ3v) is 2.25. The molecule has 0 aromatic carbocycles. The van der Waals surface area contributed by atoms with Crippen molar-refractivity contribution in [1.82, 2.24) is 14.8 Å². The lowest BCUT2D eigenvalue weighted by atomic mass is 10.3. The molecule has 2 aromatic rings. The van der Waals surface area contributed by atoms with E-state index in [0.29, 0.717) is 5.82 Å². The van der Waals surface area contributed by atoms with Gasteiger partial charge < -0.3 is 5.73 Å². The maximum atomic E-state index is 12.3. The largest absolute Gasteiger partial charge is 0.417 e. The van der Waals surface area contributed by atoms with Gasteiger partial charge in [-0.25, -0.2) is 9.67 Å². The first kappa shape index (κ1) is 11.4. The molecule has 2 N–H and O–H groups in total. The zero-order valence-corrected chi connectivity index (χ0v) is 8.86. The summed E-state index contributed by atoms with van der Waals surface area (Å²) in [6.45, 7) is 1.75. The highest BCUT2D eigenvalue weighted by Crippen LogP contribution is 2.28. The van der Waals surface area contributed by atoms with Crippen LogP contribution in [0, 0.1) is 6.92 Å². The van der Waals surface area contributed by atoms with Gasteiger partial charge in [-0.3, -0.25) is 0 Å². The summed E-state index contributed by atoms with van der Waals surface area (Å²) in [6.07, 6.45) is -2.02. The predicted molar refractivity (Wildman–Crippen MR) is 55.5 cm³/mol. The molecule has 2 aromatic heterocycles. The maximum absolute atomic E-state index is 12.3. The Labute approximate surface area is 94.9 Å². The molecule has 7 heteroatoms. The van der Waals surface area contributed by atoms with Crippen LogP contribution in [0.1, 0.15) is 11.1 Å². The Morgan fingerprint density at radius 2 is 2.00 bits per heavy atom. The van der Waals surface area contributed by atoms with Gasteiger partial charge in [0.2, 0.25) is 0 Å². The van der Waals surface area contributed by atoms with Crippen molar-refractivity contribution < 1.29 is 13.2 Å². The molecule has 2 rings (SSSR count). The van der Waals surface area contributed by atoms with Crippen LogP contribution >= 0.6 is 0 Å². The van der Waals surface area contributed by atoms with E-state index in [2.05, 4.69) is 10.1 Å². The number of nitrogens with zero attached hydrogens (tertiary/aromatic N) is 3. The van der Waals surface area contributed by atoms with Crippen LogP contribution in [-0.2, 0) is 6.18 Å². The molecule has 0 saturated heterocycles. The van der Waals surface area contributed by atoms with E-state index in [1.54, 1.807) is 13.1 Å². The Kier molecular flexibility index (Phi) is 2.53.